The molecule has 0 spiro atoms. The van der Waals surface area contributed by atoms with E-state index in [4.69, 9.17) is 9.47 Å². The minimum Gasteiger partial charge on any atom is -0.373 e. The van der Waals surface area contributed by atoms with Crippen LogP contribution in [0.5, 0.6) is 0 Å². The minimum absolute atomic E-state index is 0.0107. The molecule has 4 nitrogen and oxygen atoms in total. The number of piperazine rings is 1. The minimum atomic E-state index is -0.0107. The highest BCUT2D eigenvalue weighted by Gasteiger charge is 2.27. The first-order valence-corrected chi connectivity index (χ1v) is 9.86. The third-order valence-electron chi connectivity index (χ3n) is 5.26. The fraction of sp³-hybridized carbons (Fsp3) is 1.00. The van der Waals surface area contributed by atoms with Crippen LogP contribution in [0.15, 0.2) is 0 Å². The lowest BCUT2D eigenvalue weighted by molar-refractivity contribution is -0.0856. The fourth-order valence-electron chi connectivity index (χ4n) is 3.81. The summed E-state index contributed by atoms with van der Waals surface area (Å²) in [7, 11) is 0. The first kappa shape index (κ1) is 20.2. The van der Waals surface area contributed by atoms with Crippen LogP contribution in [0, 0.1) is 5.92 Å². The van der Waals surface area contributed by atoms with Gasteiger partial charge in [0.1, 0.15) is 0 Å². The molecule has 1 saturated heterocycles. The second-order valence-corrected chi connectivity index (χ2v) is 9.65. The van der Waals surface area contributed by atoms with Crippen molar-refractivity contribution in [3.8, 4) is 0 Å². The van der Waals surface area contributed by atoms with Crippen molar-refractivity contribution < 1.29 is 9.47 Å². The van der Waals surface area contributed by atoms with Crippen molar-refractivity contribution in [1.82, 2.24) is 9.80 Å². The van der Waals surface area contributed by atoms with Crippen molar-refractivity contribution in [1.29, 1.82) is 0 Å². The summed E-state index contributed by atoms with van der Waals surface area (Å²) >= 11 is 0. The van der Waals surface area contributed by atoms with E-state index in [0.717, 1.165) is 45.4 Å². The molecule has 0 atom stereocenters. The van der Waals surface area contributed by atoms with Gasteiger partial charge in [0.2, 0.25) is 0 Å². The topological polar surface area (TPSA) is 24.9 Å². The van der Waals surface area contributed by atoms with Gasteiger partial charge in [0.25, 0.3) is 0 Å². The number of hydrogen-bond donors (Lipinski definition) is 0. The van der Waals surface area contributed by atoms with Crippen molar-refractivity contribution in [3.05, 3.63) is 0 Å². The van der Waals surface area contributed by atoms with Gasteiger partial charge in [-0.05, 0) is 73.1 Å². The zero-order valence-electron chi connectivity index (χ0n) is 16.9. The van der Waals surface area contributed by atoms with Crippen LogP contribution >= 0.6 is 0 Å². The van der Waals surface area contributed by atoms with Crippen molar-refractivity contribution >= 4 is 0 Å². The molecule has 2 rings (SSSR count). The van der Waals surface area contributed by atoms with Crippen molar-refractivity contribution in [2.24, 2.45) is 5.92 Å². The van der Waals surface area contributed by atoms with Gasteiger partial charge in [0.05, 0.1) is 25.0 Å². The largest absolute Gasteiger partial charge is 0.373 e. The third-order valence-corrected chi connectivity index (χ3v) is 5.26. The van der Waals surface area contributed by atoms with Crippen LogP contribution in [-0.4, -0.2) is 66.6 Å². The molecular weight excluding hydrogens is 300 g/mol. The van der Waals surface area contributed by atoms with E-state index < -0.39 is 0 Å². The van der Waals surface area contributed by atoms with Gasteiger partial charge in [-0.25, -0.2) is 0 Å². The van der Waals surface area contributed by atoms with E-state index in [0.29, 0.717) is 11.6 Å². The van der Waals surface area contributed by atoms with Gasteiger partial charge in [-0.2, -0.15) is 0 Å². The Bertz CT molecular complexity index is 357. The molecule has 2 fully saturated rings. The van der Waals surface area contributed by atoms with Crippen LogP contribution in [0.3, 0.4) is 0 Å². The molecule has 0 aromatic carbocycles. The summed E-state index contributed by atoms with van der Waals surface area (Å²) in [5.74, 6) is 0.723. The zero-order chi connectivity index (χ0) is 17.8. The van der Waals surface area contributed by atoms with Crippen LogP contribution in [0.25, 0.3) is 0 Å². The average Bonchev–Trinajstić information content (AvgIpc) is 2.47. The monoisotopic (exact) mass is 340 g/mol. The maximum atomic E-state index is 6.11. The van der Waals surface area contributed by atoms with Gasteiger partial charge in [0, 0.05) is 31.7 Å². The Balaban J connectivity index is 1.56. The normalized spacial score (nSPS) is 28.2. The van der Waals surface area contributed by atoms with Crippen molar-refractivity contribution in [2.45, 2.75) is 84.5 Å². The average molecular weight is 341 g/mol. The second-order valence-electron chi connectivity index (χ2n) is 9.65. The highest BCUT2D eigenvalue weighted by molar-refractivity contribution is 4.81. The first-order chi connectivity index (χ1) is 11.1. The van der Waals surface area contributed by atoms with E-state index in [1.807, 2.05) is 0 Å². The maximum absolute atomic E-state index is 6.11. The molecule has 1 heterocycles. The fourth-order valence-corrected chi connectivity index (χ4v) is 3.81. The molecule has 1 saturated carbocycles. The molecule has 0 radical (unpaired) electrons. The molecule has 0 aromatic heterocycles. The predicted molar refractivity (Wildman–Crippen MR) is 100 cm³/mol. The molecule has 0 N–H and O–H groups in total. The van der Waals surface area contributed by atoms with E-state index >= 15 is 0 Å². The standard InChI is InChI=1S/C20H40N2O2/c1-19(2,3)22-13-11-21(12-14-22)16-23-15-17-7-9-18(10-8-17)24-20(4,5)6/h17-18H,7-16H2,1-6H3. The predicted octanol–water partition coefficient (Wildman–Crippen LogP) is 3.75. The lowest BCUT2D eigenvalue weighted by Crippen LogP contribution is -2.53. The van der Waals surface area contributed by atoms with E-state index in [2.05, 4.69) is 51.3 Å². The quantitative estimate of drug-likeness (QED) is 0.761. The van der Waals surface area contributed by atoms with E-state index in [-0.39, 0.29) is 5.60 Å². The van der Waals surface area contributed by atoms with Gasteiger partial charge in [0.15, 0.2) is 0 Å². The van der Waals surface area contributed by atoms with E-state index in [9.17, 15) is 0 Å². The Morgan fingerprint density at radius 2 is 1.42 bits per heavy atom. The van der Waals surface area contributed by atoms with Gasteiger partial charge in [-0.15, -0.1) is 0 Å². The summed E-state index contributed by atoms with van der Waals surface area (Å²) in [5.41, 5.74) is 0.282. The molecule has 0 unspecified atom stereocenters. The van der Waals surface area contributed by atoms with Crippen molar-refractivity contribution in [3.63, 3.8) is 0 Å². The lowest BCUT2D eigenvalue weighted by atomic mass is 9.87. The number of hydrogen-bond acceptors (Lipinski definition) is 4. The van der Waals surface area contributed by atoms with Gasteiger partial charge in [-0.1, -0.05) is 0 Å². The molecule has 142 valence electrons. The molecule has 1 aliphatic carbocycles. The second kappa shape index (κ2) is 8.48. The summed E-state index contributed by atoms with van der Waals surface area (Å²) < 4.78 is 12.1. The molecule has 24 heavy (non-hydrogen) atoms. The first-order valence-electron chi connectivity index (χ1n) is 9.86. The van der Waals surface area contributed by atoms with Crippen molar-refractivity contribution in [2.75, 3.05) is 39.5 Å². The van der Waals surface area contributed by atoms with Crippen LogP contribution in [0.2, 0.25) is 0 Å². The molecule has 0 bridgehead atoms. The Kier molecular flexibility index (Phi) is 7.12. The van der Waals surface area contributed by atoms with Gasteiger partial charge in [-0.3, -0.25) is 9.80 Å². The number of nitrogens with zero attached hydrogens (tertiary/aromatic N) is 2. The highest BCUT2D eigenvalue weighted by Crippen LogP contribution is 2.29. The summed E-state index contributed by atoms with van der Waals surface area (Å²) in [6, 6.07) is 0. The maximum Gasteiger partial charge on any atom is 0.0991 e. The summed E-state index contributed by atoms with van der Waals surface area (Å²) in [5, 5.41) is 0. The molecule has 1 aliphatic heterocycles. The number of ether oxygens (including phenoxy) is 2. The van der Waals surface area contributed by atoms with E-state index in [1.165, 1.54) is 25.7 Å². The van der Waals surface area contributed by atoms with Crippen LogP contribution in [-0.2, 0) is 9.47 Å². The third kappa shape index (κ3) is 6.99. The van der Waals surface area contributed by atoms with Gasteiger partial charge < -0.3 is 9.47 Å². The van der Waals surface area contributed by atoms with Crippen LogP contribution < -0.4 is 0 Å². The summed E-state index contributed by atoms with van der Waals surface area (Å²) in [4.78, 5) is 5.02. The SMILES string of the molecule is CC(C)(C)OC1CCC(COCN2CCN(C(C)(C)C)CC2)CC1. The van der Waals surface area contributed by atoms with Gasteiger partial charge >= 0.3 is 0 Å². The Labute approximate surface area is 149 Å². The van der Waals surface area contributed by atoms with Crippen LogP contribution in [0.4, 0.5) is 0 Å². The lowest BCUT2D eigenvalue weighted by Gasteiger charge is -2.42. The zero-order valence-corrected chi connectivity index (χ0v) is 16.9. The molecular formula is C20H40N2O2. The Morgan fingerprint density at radius 3 is 1.92 bits per heavy atom. The Morgan fingerprint density at radius 1 is 0.833 bits per heavy atom. The molecule has 0 amide bonds. The van der Waals surface area contributed by atoms with Crippen LogP contribution in [0.1, 0.15) is 67.2 Å². The number of rotatable bonds is 5. The molecule has 2 aliphatic rings. The molecule has 4 heteroatoms. The highest BCUT2D eigenvalue weighted by atomic mass is 16.5. The van der Waals surface area contributed by atoms with E-state index in [1.54, 1.807) is 0 Å². The Hall–Kier alpha value is -0.160. The summed E-state index contributed by atoms with van der Waals surface area (Å²) in [6.07, 6.45) is 5.33. The smallest absolute Gasteiger partial charge is 0.0991 e. The summed E-state index contributed by atoms with van der Waals surface area (Å²) in [6.45, 7) is 19.7. The molecule has 0 aromatic rings.